The van der Waals surface area contributed by atoms with Crippen LogP contribution in [0.15, 0.2) is 18.3 Å². The number of pyridine rings is 1. The number of esters is 1. The Morgan fingerprint density at radius 2 is 2.36 bits per heavy atom. The molecule has 0 atom stereocenters. The average molecular weight is 195 g/mol. The Labute approximate surface area is 80.3 Å². The number of anilines is 1. The normalized spacial score (nSPS) is 9.29. The number of hydrazine groups is 1. The van der Waals surface area contributed by atoms with Crippen LogP contribution in [0, 0.1) is 0 Å². The summed E-state index contributed by atoms with van der Waals surface area (Å²) in [4.78, 5) is 25.0. The Hall–Kier alpha value is -1.95. The third kappa shape index (κ3) is 2.05. The fourth-order valence-corrected chi connectivity index (χ4v) is 0.825. The summed E-state index contributed by atoms with van der Waals surface area (Å²) in [5.41, 5.74) is 0.559. The van der Waals surface area contributed by atoms with Gasteiger partial charge in [-0.05, 0) is 12.1 Å². The zero-order valence-electron chi connectivity index (χ0n) is 7.51. The topological polar surface area (TPSA) is 85.5 Å². The van der Waals surface area contributed by atoms with Crippen molar-refractivity contribution in [3.05, 3.63) is 24.0 Å². The minimum atomic E-state index is -0.536. The van der Waals surface area contributed by atoms with Crippen molar-refractivity contribution in [2.24, 2.45) is 5.84 Å². The lowest BCUT2D eigenvalue weighted by Crippen LogP contribution is -2.28. The SMILES string of the molecule is COC(=O)c1ccc(N(N)C=O)cn1. The maximum absolute atomic E-state index is 11.0. The lowest BCUT2D eigenvalue weighted by molar-refractivity contribution is -0.107. The van der Waals surface area contributed by atoms with Gasteiger partial charge in [-0.25, -0.2) is 20.6 Å². The van der Waals surface area contributed by atoms with Crippen LogP contribution in [0.5, 0.6) is 0 Å². The molecule has 0 fully saturated rings. The summed E-state index contributed by atoms with van der Waals surface area (Å²) in [5.74, 6) is 4.73. The third-order valence-corrected chi connectivity index (χ3v) is 1.55. The molecule has 1 heterocycles. The molecule has 1 aromatic rings. The minimum Gasteiger partial charge on any atom is -0.464 e. The van der Waals surface area contributed by atoms with E-state index in [1.807, 2.05) is 0 Å². The molecule has 74 valence electrons. The summed E-state index contributed by atoms with van der Waals surface area (Å²) >= 11 is 0. The summed E-state index contributed by atoms with van der Waals surface area (Å²) in [7, 11) is 1.26. The van der Waals surface area contributed by atoms with Crippen LogP contribution in [0.1, 0.15) is 10.5 Å². The summed E-state index contributed by atoms with van der Waals surface area (Å²) in [6, 6.07) is 2.91. The van der Waals surface area contributed by atoms with Gasteiger partial charge in [0, 0.05) is 0 Å². The largest absolute Gasteiger partial charge is 0.464 e. The fraction of sp³-hybridized carbons (Fsp3) is 0.125. The predicted molar refractivity (Wildman–Crippen MR) is 48.3 cm³/mol. The number of rotatable bonds is 3. The Kier molecular flexibility index (Phi) is 3.14. The first-order valence-corrected chi connectivity index (χ1v) is 3.72. The van der Waals surface area contributed by atoms with Crippen LogP contribution in [-0.4, -0.2) is 24.5 Å². The molecule has 6 heteroatoms. The van der Waals surface area contributed by atoms with Crippen LogP contribution >= 0.6 is 0 Å². The summed E-state index contributed by atoms with van der Waals surface area (Å²) in [5, 5.41) is 0.855. The molecule has 0 aliphatic rings. The van der Waals surface area contributed by atoms with E-state index in [1.165, 1.54) is 25.4 Å². The fourth-order valence-electron chi connectivity index (χ4n) is 0.825. The molecule has 0 unspecified atom stereocenters. The van der Waals surface area contributed by atoms with Gasteiger partial charge in [-0.3, -0.25) is 4.79 Å². The maximum Gasteiger partial charge on any atom is 0.356 e. The van der Waals surface area contributed by atoms with Crippen molar-refractivity contribution in [2.45, 2.75) is 0 Å². The van der Waals surface area contributed by atoms with Crippen molar-refractivity contribution in [1.29, 1.82) is 0 Å². The molecule has 1 aromatic heterocycles. The van der Waals surface area contributed by atoms with Crippen molar-refractivity contribution in [2.75, 3.05) is 12.1 Å². The van der Waals surface area contributed by atoms with Crippen molar-refractivity contribution in [1.82, 2.24) is 4.98 Å². The average Bonchev–Trinajstić information content (AvgIpc) is 2.27. The van der Waals surface area contributed by atoms with E-state index in [-0.39, 0.29) is 5.69 Å². The highest BCUT2D eigenvalue weighted by molar-refractivity contribution is 5.87. The first-order chi connectivity index (χ1) is 6.69. The van der Waals surface area contributed by atoms with Crippen LogP contribution in [0.2, 0.25) is 0 Å². The lowest BCUT2D eigenvalue weighted by Gasteiger charge is -2.08. The molecule has 1 rings (SSSR count). The Bertz CT molecular complexity index is 336. The maximum atomic E-state index is 11.0. The molecule has 0 saturated carbocycles. The highest BCUT2D eigenvalue weighted by atomic mass is 16.5. The number of aromatic nitrogens is 1. The second-order valence-corrected chi connectivity index (χ2v) is 2.41. The Morgan fingerprint density at radius 3 is 2.79 bits per heavy atom. The zero-order valence-corrected chi connectivity index (χ0v) is 7.51. The van der Waals surface area contributed by atoms with E-state index in [1.54, 1.807) is 0 Å². The van der Waals surface area contributed by atoms with Gasteiger partial charge in [0.1, 0.15) is 5.69 Å². The van der Waals surface area contributed by atoms with Crippen LogP contribution < -0.4 is 10.9 Å². The summed E-state index contributed by atoms with van der Waals surface area (Å²) < 4.78 is 4.45. The molecule has 14 heavy (non-hydrogen) atoms. The third-order valence-electron chi connectivity index (χ3n) is 1.55. The molecule has 6 nitrogen and oxygen atoms in total. The van der Waals surface area contributed by atoms with Gasteiger partial charge in [-0.1, -0.05) is 0 Å². The highest BCUT2D eigenvalue weighted by Crippen LogP contribution is 2.08. The standard InChI is InChI=1S/C8H9N3O3/c1-14-8(13)7-3-2-6(4-10-7)11(9)5-12/h2-5H,9H2,1H3. The molecule has 0 spiro atoms. The van der Waals surface area contributed by atoms with Gasteiger partial charge in [0.15, 0.2) is 0 Å². The molecule has 2 N–H and O–H groups in total. The number of nitrogens with two attached hydrogens (primary N) is 1. The van der Waals surface area contributed by atoms with Crippen LogP contribution in [0.4, 0.5) is 5.69 Å². The summed E-state index contributed by atoms with van der Waals surface area (Å²) in [6.07, 6.45) is 1.75. The number of carbonyl (C=O) groups excluding carboxylic acids is 2. The molecule has 0 bridgehead atoms. The minimum absolute atomic E-state index is 0.163. The second kappa shape index (κ2) is 4.33. The molecular weight excluding hydrogens is 186 g/mol. The Balaban J connectivity index is 2.88. The van der Waals surface area contributed by atoms with Crippen molar-refractivity contribution >= 4 is 18.1 Å². The Morgan fingerprint density at radius 1 is 1.64 bits per heavy atom. The quantitative estimate of drug-likeness (QED) is 0.235. The number of hydrogen-bond acceptors (Lipinski definition) is 5. The van der Waals surface area contributed by atoms with Crippen LogP contribution in [-0.2, 0) is 9.53 Å². The molecule has 0 radical (unpaired) electrons. The number of nitrogens with zero attached hydrogens (tertiary/aromatic N) is 2. The number of carbonyl (C=O) groups is 2. The molecular formula is C8H9N3O3. The molecule has 0 aliphatic heterocycles. The molecule has 0 saturated heterocycles. The highest BCUT2D eigenvalue weighted by Gasteiger charge is 2.07. The van der Waals surface area contributed by atoms with Gasteiger partial charge in [0.05, 0.1) is 19.0 Å². The van der Waals surface area contributed by atoms with E-state index in [4.69, 9.17) is 5.84 Å². The lowest BCUT2D eigenvalue weighted by atomic mass is 10.3. The van der Waals surface area contributed by atoms with E-state index >= 15 is 0 Å². The molecule has 1 amide bonds. The van der Waals surface area contributed by atoms with Gasteiger partial charge in [-0.15, -0.1) is 0 Å². The van der Waals surface area contributed by atoms with Gasteiger partial charge in [0.25, 0.3) is 0 Å². The molecule has 0 aliphatic carbocycles. The van der Waals surface area contributed by atoms with Crippen molar-refractivity contribution in [3.8, 4) is 0 Å². The zero-order chi connectivity index (χ0) is 10.6. The van der Waals surface area contributed by atoms with E-state index in [0.717, 1.165) is 5.01 Å². The van der Waals surface area contributed by atoms with Gasteiger partial charge in [0.2, 0.25) is 6.41 Å². The van der Waals surface area contributed by atoms with Gasteiger partial charge in [-0.2, -0.15) is 0 Å². The van der Waals surface area contributed by atoms with Crippen molar-refractivity contribution < 1.29 is 14.3 Å². The monoisotopic (exact) mass is 195 g/mol. The smallest absolute Gasteiger partial charge is 0.356 e. The number of amides is 1. The number of ether oxygens (including phenoxy) is 1. The molecule has 0 aromatic carbocycles. The second-order valence-electron chi connectivity index (χ2n) is 2.41. The number of hydrogen-bond donors (Lipinski definition) is 1. The van der Waals surface area contributed by atoms with Gasteiger partial charge < -0.3 is 4.74 Å². The summed E-state index contributed by atoms with van der Waals surface area (Å²) in [6.45, 7) is 0. The predicted octanol–water partition coefficient (Wildman–Crippen LogP) is -0.295. The van der Waals surface area contributed by atoms with Crippen molar-refractivity contribution in [3.63, 3.8) is 0 Å². The van der Waals surface area contributed by atoms with Gasteiger partial charge >= 0.3 is 5.97 Å². The van der Waals surface area contributed by atoms with Crippen LogP contribution in [0.25, 0.3) is 0 Å². The number of methoxy groups -OCH3 is 1. The van der Waals surface area contributed by atoms with E-state index in [0.29, 0.717) is 12.1 Å². The van der Waals surface area contributed by atoms with E-state index < -0.39 is 5.97 Å². The van der Waals surface area contributed by atoms with E-state index in [2.05, 4.69) is 9.72 Å². The van der Waals surface area contributed by atoms with E-state index in [9.17, 15) is 9.59 Å². The first-order valence-electron chi connectivity index (χ1n) is 3.72. The van der Waals surface area contributed by atoms with Crippen LogP contribution in [0.3, 0.4) is 0 Å². The first kappa shape index (κ1) is 10.1.